The van der Waals surface area contributed by atoms with Crippen LogP contribution in [0.1, 0.15) is 0 Å². The molecule has 9 nitrogen and oxygen atoms in total. The quantitative estimate of drug-likeness (QED) is 0.662. The van der Waals surface area contributed by atoms with Crippen LogP contribution in [0.2, 0.25) is 0 Å². The van der Waals surface area contributed by atoms with Crippen molar-refractivity contribution in [2.75, 3.05) is 20.3 Å². The Morgan fingerprint density at radius 3 is 2.42 bits per heavy atom. The Bertz CT molecular complexity index is 759. The van der Waals surface area contributed by atoms with E-state index in [1.807, 2.05) is 0 Å². The first-order chi connectivity index (χ1) is 11.3. The molecule has 1 heterocycles. The zero-order chi connectivity index (χ0) is 17.9. The molecule has 24 heavy (non-hydrogen) atoms. The Kier molecular flexibility index (Phi) is 5.10. The van der Waals surface area contributed by atoms with Gasteiger partial charge in [0, 0.05) is 12.4 Å². The molecule has 0 saturated carbocycles. The molecular formula is C14H17N3O6S. The molecule has 2 amide bonds. The van der Waals surface area contributed by atoms with Crippen LogP contribution in [0.25, 0.3) is 0 Å². The number of rotatable bonds is 6. The zero-order valence-corrected chi connectivity index (χ0v) is 13.6. The van der Waals surface area contributed by atoms with E-state index in [1.165, 1.54) is 31.4 Å². The van der Waals surface area contributed by atoms with Crippen LogP contribution in [0.15, 0.2) is 41.6 Å². The largest absolute Gasteiger partial charge is 0.497 e. The van der Waals surface area contributed by atoms with Gasteiger partial charge in [0.05, 0.1) is 18.6 Å². The van der Waals surface area contributed by atoms with Gasteiger partial charge in [-0.1, -0.05) is 0 Å². The van der Waals surface area contributed by atoms with Crippen LogP contribution in [0, 0.1) is 0 Å². The number of sulfonamides is 1. The number of nitrogens with two attached hydrogens (primary N) is 1. The van der Waals surface area contributed by atoms with Gasteiger partial charge in [-0.3, -0.25) is 13.9 Å². The van der Waals surface area contributed by atoms with Crippen LogP contribution in [-0.4, -0.2) is 60.8 Å². The Morgan fingerprint density at radius 1 is 1.29 bits per heavy atom. The van der Waals surface area contributed by atoms with Crippen molar-refractivity contribution < 1.29 is 27.9 Å². The molecule has 0 aromatic heterocycles. The summed E-state index contributed by atoms with van der Waals surface area (Å²) in [6.45, 7) is -1.14. The standard InChI is InChI=1S/C14H17N3O6S/c1-23-10-2-4-11(5-3-10)24(21,22)17-7-6-16(8-13(15)19)14(20)12(17)9-18/h2-7,12,18H,8-9H2,1H3,(H2,15,19)/t12-/m0/s1. The summed E-state index contributed by atoms with van der Waals surface area (Å²) in [4.78, 5) is 24.1. The van der Waals surface area contributed by atoms with Gasteiger partial charge in [0.1, 0.15) is 18.3 Å². The lowest BCUT2D eigenvalue weighted by Gasteiger charge is -2.34. The molecule has 0 radical (unpaired) electrons. The summed E-state index contributed by atoms with van der Waals surface area (Å²) in [5.74, 6) is -1.02. The third-order valence-electron chi connectivity index (χ3n) is 3.40. The first kappa shape index (κ1) is 17.8. The molecule has 0 bridgehead atoms. The summed E-state index contributed by atoms with van der Waals surface area (Å²) < 4.78 is 31.1. The summed E-state index contributed by atoms with van der Waals surface area (Å²) >= 11 is 0. The monoisotopic (exact) mass is 355 g/mol. The first-order valence-electron chi connectivity index (χ1n) is 6.87. The van der Waals surface area contributed by atoms with Crippen LogP contribution >= 0.6 is 0 Å². The predicted octanol–water partition coefficient (Wildman–Crippen LogP) is -1.15. The minimum Gasteiger partial charge on any atom is -0.497 e. The lowest BCUT2D eigenvalue weighted by Crippen LogP contribution is -2.53. The van der Waals surface area contributed by atoms with E-state index in [1.54, 1.807) is 0 Å². The summed E-state index contributed by atoms with van der Waals surface area (Å²) in [5.41, 5.74) is 5.04. The highest BCUT2D eigenvalue weighted by Crippen LogP contribution is 2.24. The van der Waals surface area contributed by atoms with Gasteiger partial charge in [-0.25, -0.2) is 8.42 Å². The van der Waals surface area contributed by atoms with Crippen LogP contribution < -0.4 is 10.5 Å². The SMILES string of the molecule is COc1ccc(S(=O)(=O)N2C=CN(CC(N)=O)C(=O)[C@@H]2CO)cc1. The Labute approximate surface area is 139 Å². The minimum atomic E-state index is -4.07. The second-order valence-electron chi connectivity index (χ2n) is 4.94. The van der Waals surface area contributed by atoms with Crippen molar-refractivity contribution in [3.8, 4) is 5.75 Å². The van der Waals surface area contributed by atoms with E-state index in [0.717, 1.165) is 21.6 Å². The van der Waals surface area contributed by atoms with Crippen molar-refractivity contribution in [2.24, 2.45) is 5.73 Å². The highest BCUT2D eigenvalue weighted by Gasteiger charge is 2.38. The molecule has 1 aromatic rings. The van der Waals surface area contributed by atoms with Gasteiger partial charge in [-0.05, 0) is 24.3 Å². The number of methoxy groups -OCH3 is 1. The molecule has 0 aliphatic carbocycles. The summed E-state index contributed by atoms with van der Waals surface area (Å²) in [6.07, 6.45) is 2.26. The molecule has 0 spiro atoms. The number of hydrogen-bond acceptors (Lipinski definition) is 6. The first-order valence-corrected chi connectivity index (χ1v) is 8.31. The fourth-order valence-electron chi connectivity index (χ4n) is 2.20. The second-order valence-corrected chi connectivity index (χ2v) is 6.78. The van der Waals surface area contributed by atoms with E-state index in [0.29, 0.717) is 5.75 Å². The zero-order valence-electron chi connectivity index (χ0n) is 12.8. The van der Waals surface area contributed by atoms with Crippen molar-refractivity contribution in [3.63, 3.8) is 0 Å². The molecule has 10 heteroatoms. The number of ether oxygens (including phenoxy) is 1. The average Bonchev–Trinajstić information content (AvgIpc) is 2.56. The number of hydrogen-bond donors (Lipinski definition) is 2. The summed E-state index contributed by atoms with van der Waals surface area (Å²) in [5, 5.41) is 9.45. The number of nitrogens with zero attached hydrogens (tertiary/aromatic N) is 2. The van der Waals surface area contributed by atoms with Gasteiger partial charge in [0.25, 0.3) is 15.9 Å². The molecule has 0 saturated heterocycles. The number of amides is 2. The molecule has 1 aliphatic rings. The maximum absolute atomic E-state index is 12.7. The molecule has 0 unspecified atom stereocenters. The van der Waals surface area contributed by atoms with E-state index in [9.17, 15) is 23.1 Å². The normalized spacial score (nSPS) is 17.9. The summed E-state index contributed by atoms with van der Waals surface area (Å²) in [7, 11) is -2.62. The molecule has 130 valence electrons. The molecule has 1 aliphatic heterocycles. The topological polar surface area (TPSA) is 130 Å². The fraction of sp³-hybridized carbons (Fsp3) is 0.286. The van der Waals surface area contributed by atoms with Gasteiger partial charge >= 0.3 is 0 Å². The van der Waals surface area contributed by atoms with Crippen LogP contribution in [0.3, 0.4) is 0 Å². The van der Waals surface area contributed by atoms with Crippen molar-refractivity contribution in [3.05, 3.63) is 36.7 Å². The third-order valence-corrected chi connectivity index (χ3v) is 5.20. The molecular weight excluding hydrogens is 338 g/mol. The summed E-state index contributed by atoms with van der Waals surface area (Å²) in [6, 6.07) is 4.22. The molecule has 1 aromatic carbocycles. The van der Waals surface area contributed by atoms with Crippen LogP contribution in [-0.2, 0) is 19.6 Å². The minimum absolute atomic E-state index is 0.0671. The molecule has 0 fully saturated rings. The van der Waals surface area contributed by atoms with Gasteiger partial charge in [0.2, 0.25) is 5.91 Å². The number of primary amides is 1. The predicted molar refractivity (Wildman–Crippen MR) is 82.9 cm³/mol. The van der Waals surface area contributed by atoms with Crippen molar-refractivity contribution in [1.29, 1.82) is 0 Å². The highest BCUT2D eigenvalue weighted by molar-refractivity contribution is 7.89. The van der Waals surface area contributed by atoms with E-state index < -0.39 is 41.0 Å². The Hall–Kier alpha value is -2.59. The average molecular weight is 355 g/mol. The van der Waals surface area contributed by atoms with E-state index in [4.69, 9.17) is 10.5 Å². The lowest BCUT2D eigenvalue weighted by molar-refractivity contribution is -0.137. The van der Waals surface area contributed by atoms with Gasteiger partial charge in [0.15, 0.2) is 0 Å². The lowest BCUT2D eigenvalue weighted by atomic mass is 10.2. The smallest absolute Gasteiger partial charge is 0.264 e. The van der Waals surface area contributed by atoms with Gasteiger partial charge in [-0.2, -0.15) is 0 Å². The van der Waals surface area contributed by atoms with E-state index >= 15 is 0 Å². The van der Waals surface area contributed by atoms with Crippen molar-refractivity contribution in [1.82, 2.24) is 9.21 Å². The second kappa shape index (κ2) is 6.89. The van der Waals surface area contributed by atoms with Gasteiger partial charge in [-0.15, -0.1) is 0 Å². The maximum atomic E-state index is 12.7. The molecule has 1 atom stereocenters. The number of aliphatic hydroxyl groups excluding tert-OH is 1. The molecule has 3 N–H and O–H groups in total. The molecule has 2 rings (SSSR count). The maximum Gasteiger partial charge on any atom is 0.264 e. The number of aliphatic hydroxyl groups is 1. The fourth-order valence-corrected chi connectivity index (χ4v) is 3.63. The Morgan fingerprint density at radius 2 is 1.92 bits per heavy atom. The van der Waals surface area contributed by atoms with Crippen molar-refractivity contribution >= 4 is 21.8 Å². The Balaban J connectivity index is 2.37. The highest BCUT2D eigenvalue weighted by atomic mass is 32.2. The number of carbonyl (C=O) groups is 2. The van der Waals surface area contributed by atoms with Crippen molar-refractivity contribution in [2.45, 2.75) is 10.9 Å². The van der Waals surface area contributed by atoms with E-state index in [2.05, 4.69) is 0 Å². The number of carbonyl (C=O) groups excluding carboxylic acids is 2. The van der Waals surface area contributed by atoms with Crippen LogP contribution in [0.4, 0.5) is 0 Å². The number of benzene rings is 1. The van der Waals surface area contributed by atoms with Gasteiger partial charge < -0.3 is 20.5 Å². The van der Waals surface area contributed by atoms with Crippen LogP contribution in [0.5, 0.6) is 5.75 Å². The van der Waals surface area contributed by atoms with E-state index in [-0.39, 0.29) is 4.90 Å². The third kappa shape index (κ3) is 3.34.